The topological polar surface area (TPSA) is 116 Å². The van der Waals surface area contributed by atoms with E-state index in [9.17, 15) is 14.4 Å². The summed E-state index contributed by atoms with van der Waals surface area (Å²) in [6.45, 7) is 11.4. The van der Waals surface area contributed by atoms with Crippen LogP contribution in [0.2, 0.25) is 0 Å². The molecule has 8 nitrogen and oxygen atoms in total. The minimum atomic E-state index is -0.707. The summed E-state index contributed by atoms with van der Waals surface area (Å²) < 4.78 is 6.81. The normalized spacial score (nSPS) is 13.2. The van der Waals surface area contributed by atoms with E-state index in [4.69, 9.17) is 10.5 Å². The Bertz CT molecular complexity index is 1050. The number of aromatic nitrogens is 1. The second-order valence-electron chi connectivity index (χ2n) is 9.25. The van der Waals surface area contributed by atoms with Gasteiger partial charge in [-0.3, -0.25) is 19.0 Å². The predicted molar refractivity (Wildman–Crippen MR) is 125 cm³/mol. The SMILES string of the molecule is Cc1cc(C(=O)/N=c2\sccn2COC(=O)C(N)C(C)C)ccc1NC(=O)CC(C)(C)C. The number of nitrogens with one attached hydrogen (secondary N) is 1. The molecule has 1 atom stereocenters. The minimum Gasteiger partial charge on any atom is -0.443 e. The molecule has 9 heteroatoms. The lowest BCUT2D eigenvalue weighted by atomic mass is 9.92. The molecule has 0 bridgehead atoms. The van der Waals surface area contributed by atoms with E-state index in [0.717, 1.165) is 5.56 Å². The van der Waals surface area contributed by atoms with E-state index >= 15 is 0 Å². The monoisotopic (exact) mass is 460 g/mol. The van der Waals surface area contributed by atoms with Crippen molar-refractivity contribution >= 4 is 34.8 Å². The lowest BCUT2D eigenvalue weighted by molar-refractivity contribution is -0.150. The van der Waals surface area contributed by atoms with Gasteiger partial charge in [-0.2, -0.15) is 4.99 Å². The highest BCUT2D eigenvalue weighted by molar-refractivity contribution is 7.07. The van der Waals surface area contributed by atoms with Crippen molar-refractivity contribution in [1.29, 1.82) is 0 Å². The van der Waals surface area contributed by atoms with Crippen molar-refractivity contribution in [3.05, 3.63) is 45.7 Å². The van der Waals surface area contributed by atoms with E-state index in [0.29, 0.717) is 22.5 Å². The highest BCUT2D eigenvalue weighted by Gasteiger charge is 2.19. The number of hydrogen-bond acceptors (Lipinski definition) is 6. The standard InChI is InChI=1S/C23H32N4O4S/c1-14(2)19(24)21(30)31-13-27-9-10-32-22(27)26-20(29)16-7-8-17(15(3)11-16)25-18(28)12-23(4,5)6/h7-11,14,19H,12-13,24H2,1-6H3,(H,25,28)/b26-22-. The maximum Gasteiger partial charge on any atom is 0.324 e. The summed E-state index contributed by atoms with van der Waals surface area (Å²) >= 11 is 1.26. The molecule has 0 aliphatic rings. The van der Waals surface area contributed by atoms with E-state index in [1.165, 1.54) is 11.3 Å². The molecule has 1 heterocycles. The fourth-order valence-electron chi connectivity index (χ4n) is 2.75. The molecule has 0 saturated heterocycles. The number of hydrogen-bond donors (Lipinski definition) is 2. The maximum atomic E-state index is 12.7. The minimum absolute atomic E-state index is 0.0369. The van der Waals surface area contributed by atoms with Crippen molar-refractivity contribution in [2.45, 2.75) is 60.7 Å². The van der Waals surface area contributed by atoms with Gasteiger partial charge in [0.25, 0.3) is 5.91 Å². The van der Waals surface area contributed by atoms with Gasteiger partial charge in [-0.1, -0.05) is 34.6 Å². The van der Waals surface area contributed by atoms with Gasteiger partial charge in [-0.05, 0) is 42.0 Å². The number of carbonyl (C=O) groups excluding carboxylic acids is 3. The molecule has 0 spiro atoms. The van der Waals surface area contributed by atoms with Crippen LogP contribution in [0.15, 0.2) is 34.8 Å². The quantitative estimate of drug-likeness (QED) is 0.614. The summed E-state index contributed by atoms with van der Waals surface area (Å²) in [6, 6.07) is 4.32. The molecule has 1 aromatic heterocycles. The number of amides is 2. The number of benzene rings is 1. The first-order chi connectivity index (χ1) is 14.9. The molecule has 0 radical (unpaired) electrons. The lowest BCUT2D eigenvalue weighted by Crippen LogP contribution is -2.37. The Balaban J connectivity index is 2.11. The van der Waals surface area contributed by atoms with Gasteiger partial charge in [0, 0.05) is 29.2 Å². The zero-order chi connectivity index (χ0) is 24.1. The number of rotatable bonds is 7. The Labute approximate surface area is 192 Å². The summed E-state index contributed by atoms with van der Waals surface area (Å²) in [5.41, 5.74) is 7.51. The van der Waals surface area contributed by atoms with Crippen LogP contribution in [0.4, 0.5) is 5.69 Å². The van der Waals surface area contributed by atoms with E-state index in [1.807, 2.05) is 41.5 Å². The van der Waals surface area contributed by atoms with Crippen LogP contribution in [0.5, 0.6) is 0 Å². The first kappa shape index (κ1) is 25.5. The van der Waals surface area contributed by atoms with E-state index in [-0.39, 0.29) is 24.0 Å². The van der Waals surface area contributed by atoms with Gasteiger partial charge < -0.3 is 15.8 Å². The van der Waals surface area contributed by atoms with Crippen LogP contribution in [-0.4, -0.2) is 28.4 Å². The van der Waals surface area contributed by atoms with Gasteiger partial charge >= 0.3 is 5.97 Å². The third-order valence-corrected chi connectivity index (χ3v) is 5.43. The maximum absolute atomic E-state index is 12.7. The van der Waals surface area contributed by atoms with Crippen LogP contribution in [0, 0.1) is 18.3 Å². The summed E-state index contributed by atoms with van der Waals surface area (Å²) in [5.74, 6) is -1.04. The third-order valence-electron chi connectivity index (χ3n) is 4.63. The number of esters is 1. The second-order valence-corrected chi connectivity index (χ2v) is 10.1. The van der Waals surface area contributed by atoms with Crippen LogP contribution < -0.4 is 15.9 Å². The van der Waals surface area contributed by atoms with Crippen LogP contribution in [0.3, 0.4) is 0 Å². The molecule has 0 aliphatic heterocycles. The molecule has 0 fully saturated rings. The number of nitrogens with zero attached hydrogens (tertiary/aromatic N) is 2. The van der Waals surface area contributed by atoms with Gasteiger partial charge in [0.15, 0.2) is 11.5 Å². The Morgan fingerprint density at radius 1 is 1.25 bits per heavy atom. The molecule has 32 heavy (non-hydrogen) atoms. The molecule has 1 unspecified atom stereocenters. The first-order valence-corrected chi connectivity index (χ1v) is 11.3. The number of thiazole rings is 1. The van der Waals surface area contributed by atoms with Crippen molar-refractivity contribution < 1.29 is 19.1 Å². The molecule has 2 rings (SSSR count). The smallest absolute Gasteiger partial charge is 0.324 e. The first-order valence-electron chi connectivity index (χ1n) is 10.4. The number of carbonyl (C=O) groups is 3. The van der Waals surface area contributed by atoms with Crippen LogP contribution in [0.1, 0.15) is 57.0 Å². The fraction of sp³-hybridized carbons (Fsp3) is 0.478. The molecular formula is C23H32N4O4S. The van der Waals surface area contributed by atoms with Crippen molar-refractivity contribution in [2.75, 3.05) is 5.32 Å². The largest absolute Gasteiger partial charge is 0.443 e. The van der Waals surface area contributed by atoms with Gasteiger partial charge in [0.1, 0.15) is 6.04 Å². The summed E-state index contributed by atoms with van der Waals surface area (Å²) in [7, 11) is 0. The second kappa shape index (κ2) is 10.7. The molecule has 0 aliphatic carbocycles. The highest BCUT2D eigenvalue weighted by atomic mass is 32.1. The van der Waals surface area contributed by atoms with Crippen LogP contribution >= 0.6 is 11.3 Å². The van der Waals surface area contributed by atoms with E-state index in [2.05, 4.69) is 10.3 Å². The number of ether oxygens (including phenoxy) is 1. The Kier molecular flexibility index (Phi) is 8.51. The number of nitrogens with two attached hydrogens (primary N) is 1. The van der Waals surface area contributed by atoms with E-state index in [1.54, 1.807) is 34.3 Å². The average Bonchev–Trinajstić information content (AvgIpc) is 3.12. The van der Waals surface area contributed by atoms with E-state index < -0.39 is 17.9 Å². The molecule has 0 saturated carbocycles. The fourth-order valence-corrected chi connectivity index (χ4v) is 3.47. The number of anilines is 1. The molecular weight excluding hydrogens is 428 g/mol. The van der Waals surface area contributed by atoms with Crippen LogP contribution in [0.25, 0.3) is 0 Å². The average molecular weight is 461 g/mol. The molecule has 2 aromatic rings. The third kappa shape index (κ3) is 7.42. The van der Waals surface area contributed by atoms with Gasteiger partial charge in [0.2, 0.25) is 5.91 Å². The Morgan fingerprint density at radius 2 is 1.94 bits per heavy atom. The summed E-state index contributed by atoms with van der Waals surface area (Å²) in [6.07, 6.45) is 2.08. The van der Waals surface area contributed by atoms with Crippen molar-refractivity contribution in [2.24, 2.45) is 22.1 Å². The highest BCUT2D eigenvalue weighted by Crippen LogP contribution is 2.22. The molecule has 1 aromatic carbocycles. The van der Waals surface area contributed by atoms with Crippen molar-refractivity contribution in [3.8, 4) is 0 Å². The Hall–Kier alpha value is -2.78. The zero-order valence-electron chi connectivity index (χ0n) is 19.5. The van der Waals surface area contributed by atoms with Gasteiger partial charge in [0.05, 0.1) is 0 Å². The van der Waals surface area contributed by atoms with Gasteiger partial charge in [-0.25, -0.2) is 0 Å². The Morgan fingerprint density at radius 3 is 2.53 bits per heavy atom. The summed E-state index contributed by atoms with van der Waals surface area (Å²) in [4.78, 5) is 41.4. The van der Waals surface area contributed by atoms with Gasteiger partial charge in [-0.15, -0.1) is 11.3 Å². The predicted octanol–water partition coefficient (Wildman–Crippen LogP) is 3.46. The summed E-state index contributed by atoms with van der Waals surface area (Å²) in [5, 5.41) is 4.64. The molecule has 2 amide bonds. The molecule has 3 N–H and O–H groups in total. The molecule has 174 valence electrons. The van der Waals surface area contributed by atoms with Crippen LogP contribution in [-0.2, 0) is 21.1 Å². The van der Waals surface area contributed by atoms with Crippen molar-refractivity contribution in [3.63, 3.8) is 0 Å². The lowest BCUT2D eigenvalue weighted by Gasteiger charge is -2.18. The zero-order valence-corrected chi connectivity index (χ0v) is 20.3. The number of aryl methyl sites for hydroxylation is 1. The van der Waals surface area contributed by atoms with Crippen molar-refractivity contribution in [1.82, 2.24) is 4.57 Å².